The summed E-state index contributed by atoms with van der Waals surface area (Å²) in [4.78, 5) is 29.2. The van der Waals surface area contributed by atoms with Gasteiger partial charge in [0.15, 0.2) is 0 Å². The molecule has 0 aromatic carbocycles. The van der Waals surface area contributed by atoms with E-state index in [4.69, 9.17) is 0 Å². The molecule has 0 atom stereocenters. The molecule has 1 saturated carbocycles. The second-order valence-electron chi connectivity index (χ2n) is 5.84. The van der Waals surface area contributed by atoms with E-state index in [1.807, 2.05) is 7.05 Å². The highest BCUT2D eigenvalue weighted by molar-refractivity contribution is 5.92. The third-order valence-electron chi connectivity index (χ3n) is 4.24. The van der Waals surface area contributed by atoms with Gasteiger partial charge in [-0.05, 0) is 43.7 Å². The summed E-state index contributed by atoms with van der Waals surface area (Å²) in [6.45, 7) is 2.39. The van der Waals surface area contributed by atoms with Gasteiger partial charge in [0.1, 0.15) is 0 Å². The van der Waals surface area contributed by atoms with Gasteiger partial charge in [-0.1, -0.05) is 0 Å². The first-order valence-electron chi connectivity index (χ1n) is 7.49. The Balaban J connectivity index is 1.78. The fraction of sp³-hybridized carbons (Fsp3) is 0.562. The van der Waals surface area contributed by atoms with Crippen LogP contribution in [0.5, 0.6) is 0 Å². The molecule has 0 bridgehead atoms. The minimum atomic E-state index is 0.0806. The average molecular weight is 289 g/mol. The summed E-state index contributed by atoms with van der Waals surface area (Å²) < 4.78 is 0. The third kappa shape index (κ3) is 4.55. The summed E-state index contributed by atoms with van der Waals surface area (Å²) in [5.41, 5.74) is 0.799. The first-order chi connectivity index (χ1) is 10.1. The molecular weight excluding hydrogens is 266 g/mol. The van der Waals surface area contributed by atoms with Crippen LogP contribution in [0.1, 0.15) is 32.6 Å². The quantitative estimate of drug-likeness (QED) is 0.925. The first kappa shape index (κ1) is 15.5. The molecule has 114 valence electrons. The van der Waals surface area contributed by atoms with Crippen molar-refractivity contribution in [1.29, 1.82) is 0 Å². The van der Waals surface area contributed by atoms with E-state index in [0.29, 0.717) is 5.92 Å². The van der Waals surface area contributed by atoms with Crippen LogP contribution in [0.15, 0.2) is 24.5 Å². The number of hydrogen-bond acceptors (Lipinski definition) is 3. The maximum Gasteiger partial charge on any atom is 0.227 e. The molecule has 1 aliphatic carbocycles. The Hall–Kier alpha value is -1.91. The molecule has 1 N–H and O–H groups in total. The molecule has 0 unspecified atom stereocenters. The van der Waals surface area contributed by atoms with Crippen LogP contribution in [-0.2, 0) is 9.59 Å². The van der Waals surface area contributed by atoms with Gasteiger partial charge in [-0.3, -0.25) is 14.6 Å². The lowest BCUT2D eigenvalue weighted by Gasteiger charge is -2.30. The minimum Gasteiger partial charge on any atom is -0.346 e. The summed E-state index contributed by atoms with van der Waals surface area (Å²) in [5, 5.41) is 2.94. The van der Waals surface area contributed by atoms with Crippen molar-refractivity contribution >= 4 is 17.5 Å². The lowest BCUT2D eigenvalue weighted by atomic mass is 9.81. The normalized spacial score (nSPS) is 21.6. The van der Waals surface area contributed by atoms with Crippen molar-refractivity contribution in [3.63, 3.8) is 0 Å². The standard InChI is InChI=1S/C16H23N3O2/c1-12(20)19(2)11-13-3-5-14(6-4-13)16(21)18-15-7-9-17-10-8-15/h7-10,13-14H,3-6,11H2,1-2H3,(H,17,18,21). The van der Waals surface area contributed by atoms with Crippen molar-refractivity contribution in [1.82, 2.24) is 9.88 Å². The van der Waals surface area contributed by atoms with Gasteiger partial charge < -0.3 is 10.2 Å². The summed E-state index contributed by atoms with van der Waals surface area (Å²) in [6.07, 6.45) is 7.15. The summed E-state index contributed by atoms with van der Waals surface area (Å²) in [6, 6.07) is 3.59. The molecule has 2 amide bonds. The van der Waals surface area contributed by atoms with Crippen LogP contribution < -0.4 is 5.32 Å². The predicted molar refractivity (Wildman–Crippen MR) is 81.6 cm³/mol. The van der Waals surface area contributed by atoms with Crippen molar-refractivity contribution in [2.75, 3.05) is 18.9 Å². The van der Waals surface area contributed by atoms with Gasteiger partial charge in [-0.25, -0.2) is 0 Å². The van der Waals surface area contributed by atoms with Gasteiger partial charge in [-0.2, -0.15) is 0 Å². The molecule has 2 rings (SSSR count). The van der Waals surface area contributed by atoms with Gasteiger partial charge in [0.05, 0.1) is 0 Å². The van der Waals surface area contributed by atoms with Crippen molar-refractivity contribution < 1.29 is 9.59 Å². The van der Waals surface area contributed by atoms with Crippen molar-refractivity contribution in [3.8, 4) is 0 Å². The van der Waals surface area contributed by atoms with Gasteiger partial charge in [0.2, 0.25) is 11.8 Å². The molecule has 5 heteroatoms. The average Bonchev–Trinajstić information content (AvgIpc) is 2.48. The molecule has 1 aromatic rings. The van der Waals surface area contributed by atoms with Gasteiger partial charge in [0.25, 0.3) is 0 Å². The highest BCUT2D eigenvalue weighted by Crippen LogP contribution is 2.30. The SMILES string of the molecule is CC(=O)N(C)CC1CCC(C(=O)Nc2ccncc2)CC1. The molecule has 1 heterocycles. The minimum absolute atomic E-state index is 0.0806. The van der Waals surface area contributed by atoms with Gasteiger partial charge in [-0.15, -0.1) is 0 Å². The van der Waals surface area contributed by atoms with Crippen molar-refractivity contribution in [3.05, 3.63) is 24.5 Å². The highest BCUT2D eigenvalue weighted by atomic mass is 16.2. The topological polar surface area (TPSA) is 62.3 Å². The smallest absolute Gasteiger partial charge is 0.227 e. The Labute approximate surface area is 125 Å². The molecule has 0 aliphatic heterocycles. The molecule has 1 fully saturated rings. The van der Waals surface area contributed by atoms with Crippen LogP contribution in [0.25, 0.3) is 0 Å². The third-order valence-corrected chi connectivity index (χ3v) is 4.24. The maximum absolute atomic E-state index is 12.2. The molecule has 0 spiro atoms. The van der Waals surface area contributed by atoms with Crippen molar-refractivity contribution in [2.24, 2.45) is 11.8 Å². The summed E-state index contributed by atoms with van der Waals surface area (Å²) in [7, 11) is 1.84. The number of anilines is 1. The number of hydrogen-bond donors (Lipinski definition) is 1. The Bertz CT molecular complexity index is 482. The van der Waals surface area contributed by atoms with E-state index in [0.717, 1.165) is 37.9 Å². The number of aromatic nitrogens is 1. The zero-order chi connectivity index (χ0) is 15.2. The monoisotopic (exact) mass is 289 g/mol. The molecule has 0 radical (unpaired) electrons. The van der Waals surface area contributed by atoms with E-state index in [9.17, 15) is 9.59 Å². The lowest BCUT2D eigenvalue weighted by molar-refractivity contribution is -0.128. The van der Waals surface area contributed by atoms with Crippen LogP contribution in [0.3, 0.4) is 0 Å². The second kappa shape index (κ2) is 7.20. The number of pyridine rings is 1. The Morgan fingerprint density at radius 1 is 1.24 bits per heavy atom. The van der Waals surface area contributed by atoms with E-state index in [2.05, 4.69) is 10.3 Å². The van der Waals surface area contributed by atoms with E-state index >= 15 is 0 Å². The van der Waals surface area contributed by atoms with Crippen LogP contribution >= 0.6 is 0 Å². The van der Waals surface area contributed by atoms with Crippen LogP contribution in [0, 0.1) is 11.8 Å². The van der Waals surface area contributed by atoms with E-state index in [1.165, 1.54) is 0 Å². The Morgan fingerprint density at radius 3 is 2.43 bits per heavy atom. The van der Waals surface area contributed by atoms with E-state index in [-0.39, 0.29) is 17.7 Å². The predicted octanol–water partition coefficient (Wildman–Crippen LogP) is 2.30. The van der Waals surface area contributed by atoms with Crippen LogP contribution in [0.4, 0.5) is 5.69 Å². The Morgan fingerprint density at radius 2 is 1.86 bits per heavy atom. The van der Waals surface area contributed by atoms with Crippen LogP contribution in [-0.4, -0.2) is 35.3 Å². The number of carbonyl (C=O) groups is 2. The van der Waals surface area contributed by atoms with E-state index < -0.39 is 0 Å². The fourth-order valence-corrected chi connectivity index (χ4v) is 2.80. The number of carbonyl (C=O) groups excluding carboxylic acids is 2. The lowest BCUT2D eigenvalue weighted by Crippen LogP contribution is -2.34. The Kier molecular flexibility index (Phi) is 5.31. The maximum atomic E-state index is 12.2. The number of amides is 2. The van der Waals surface area contributed by atoms with E-state index in [1.54, 1.807) is 36.4 Å². The molecule has 1 aliphatic rings. The van der Waals surface area contributed by atoms with Crippen LogP contribution in [0.2, 0.25) is 0 Å². The largest absolute Gasteiger partial charge is 0.346 e. The highest BCUT2D eigenvalue weighted by Gasteiger charge is 2.27. The zero-order valence-corrected chi connectivity index (χ0v) is 12.7. The summed E-state index contributed by atoms with van der Waals surface area (Å²) in [5.74, 6) is 0.799. The molecule has 21 heavy (non-hydrogen) atoms. The molecule has 0 saturated heterocycles. The number of rotatable bonds is 4. The van der Waals surface area contributed by atoms with Gasteiger partial charge in [0, 0.05) is 44.5 Å². The second-order valence-corrected chi connectivity index (χ2v) is 5.84. The summed E-state index contributed by atoms with van der Waals surface area (Å²) >= 11 is 0. The molecule has 1 aromatic heterocycles. The van der Waals surface area contributed by atoms with Crippen molar-refractivity contribution in [2.45, 2.75) is 32.6 Å². The first-order valence-corrected chi connectivity index (χ1v) is 7.49. The fourth-order valence-electron chi connectivity index (χ4n) is 2.80. The number of nitrogens with zero attached hydrogens (tertiary/aromatic N) is 2. The number of nitrogens with one attached hydrogen (secondary N) is 1. The zero-order valence-electron chi connectivity index (χ0n) is 12.7. The molecular formula is C16H23N3O2. The van der Waals surface area contributed by atoms with Gasteiger partial charge >= 0.3 is 0 Å². The molecule has 5 nitrogen and oxygen atoms in total.